The fourth-order valence-corrected chi connectivity index (χ4v) is 3.73. The molecule has 2 heterocycles. The lowest BCUT2D eigenvalue weighted by molar-refractivity contribution is -0.274. The van der Waals surface area contributed by atoms with Crippen LogP contribution in [0.5, 0.6) is 5.75 Å². The number of aliphatic imine (C=N–C) groups is 1. The highest BCUT2D eigenvalue weighted by Gasteiger charge is 2.46. The van der Waals surface area contributed by atoms with E-state index in [1.165, 1.54) is 23.6 Å². The number of alkyl halides is 3. The molecule has 0 aliphatic carbocycles. The molecule has 1 spiro atoms. The molecule has 1 fully saturated rings. The first-order chi connectivity index (χ1) is 12.2. The van der Waals surface area contributed by atoms with Crippen LogP contribution in [0, 0.1) is 0 Å². The number of ether oxygens (including phenoxy) is 1. The highest BCUT2D eigenvalue weighted by molar-refractivity contribution is 7.85. The van der Waals surface area contributed by atoms with Gasteiger partial charge in [0.2, 0.25) is 0 Å². The van der Waals surface area contributed by atoms with E-state index in [-0.39, 0.29) is 17.5 Å². The molecule has 1 aromatic carbocycles. The van der Waals surface area contributed by atoms with Gasteiger partial charge in [0.05, 0.1) is 0 Å². The topological polar surface area (TPSA) is 71.0 Å². The Balaban J connectivity index is 1.80. The van der Waals surface area contributed by atoms with Gasteiger partial charge in [-0.2, -0.15) is 0 Å². The number of benzene rings is 1. The number of hydrogen-bond acceptors (Lipinski definition) is 4. The van der Waals surface area contributed by atoms with Crippen molar-refractivity contribution in [3.8, 4) is 5.75 Å². The van der Waals surface area contributed by atoms with Gasteiger partial charge in [-0.3, -0.25) is 9.79 Å². The predicted octanol–water partition coefficient (Wildman–Crippen LogP) is 2.10. The molecule has 3 rings (SSSR count). The van der Waals surface area contributed by atoms with E-state index in [1.54, 1.807) is 10.4 Å². The number of halogens is 3. The van der Waals surface area contributed by atoms with Crippen molar-refractivity contribution in [2.45, 2.75) is 24.7 Å². The van der Waals surface area contributed by atoms with Gasteiger partial charge < -0.3 is 10.1 Å². The molecule has 6 nitrogen and oxygen atoms in total. The maximum absolute atomic E-state index is 12.4. The molecule has 1 N–H and O–H groups in total. The minimum atomic E-state index is -4.80. The van der Waals surface area contributed by atoms with E-state index in [2.05, 4.69) is 21.6 Å². The summed E-state index contributed by atoms with van der Waals surface area (Å²) in [6.45, 7) is 4.29. The Bertz CT molecular complexity index is 786. The number of nitrogens with zero attached hydrogens (tertiary/aromatic N) is 2. The minimum Gasteiger partial charge on any atom is -0.406 e. The number of rotatable bonds is 4. The van der Waals surface area contributed by atoms with Gasteiger partial charge in [-0.05, 0) is 25.0 Å². The Morgan fingerprint density at radius 2 is 2.04 bits per heavy atom. The summed E-state index contributed by atoms with van der Waals surface area (Å²) in [6.07, 6.45) is -4.07. The smallest absolute Gasteiger partial charge is 0.406 e. The van der Waals surface area contributed by atoms with E-state index in [1.807, 2.05) is 0 Å². The molecule has 0 aromatic heterocycles. The van der Waals surface area contributed by atoms with E-state index in [9.17, 15) is 22.2 Å². The van der Waals surface area contributed by atoms with Crippen LogP contribution >= 0.6 is 0 Å². The Hall–Kier alpha value is -2.20. The van der Waals surface area contributed by atoms with Gasteiger partial charge in [0.25, 0.3) is 5.91 Å². The second kappa shape index (κ2) is 6.84. The highest BCUT2D eigenvalue weighted by Crippen LogP contribution is 2.32. The second-order valence-corrected chi connectivity index (χ2v) is 7.30. The van der Waals surface area contributed by atoms with Crippen LogP contribution in [0.1, 0.15) is 18.4 Å². The van der Waals surface area contributed by atoms with E-state index < -0.39 is 22.9 Å². The molecule has 1 aromatic rings. The predicted molar refractivity (Wildman–Crippen MR) is 89.7 cm³/mol. The normalized spacial score (nSPS) is 21.2. The molecule has 1 amide bonds. The molecular weight excluding hydrogens is 371 g/mol. The van der Waals surface area contributed by atoms with Gasteiger partial charge in [0, 0.05) is 24.1 Å². The molecule has 0 bridgehead atoms. The monoisotopic (exact) mass is 387 g/mol. The highest BCUT2D eigenvalue weighted by atomic mass is 32.2. The fourth-order valence-electron chi connectivity index (χ4n) is 2.97. The Morgan fingerprint density at radius 3 is 2.65 bits per heavy atom. The third kappa shape index (κ3) is 3.80. The van der Waals surface area contributed by atoms with Crippen molar-refractivity contribution in [2.75, 3.05) is 13.1 Å². The van der Waals surface area contributed by atoms with Gasteiger partial charge in [-0.25, -0.2) is 8.51 Å². The number of carbonyl (C=O) groups is 1. The largest absolute Gasteiger partial charge is 0.573 e. The number of hydrogen-bond donors (Lipinski definition) is 1. The Kier molecular flexibility index (Phi) is 4.89. The van der Waals surface area contributed by atoms with Crippen LogP contribution < -0.4 is 10.1 Å². The van der Waals surface area contributed by atoms with E-state index in [0.29, 0.717) is 31.5 Å². The van der Waals surface area contributed by atoms with Crippen molar-refractivity contribution in [1.29, 1.82) is 0 Å². The van der Waals surface area contributed by atoms with Crippen LogP contribution in [0.4, 0.5) is 13.2 Å². The second-order valence-electron chi connectivity index (χ2n) is 5.89. The summed E-state index contributed by atoms with van der Waals surface area (Å²) < 4.78 is 54.5. The SMILES string of the molecule is C=CS(=O)N1CCC2(CC1)N=C(c1cccc(OC(F)(F)F)c1)NC2=O. The maximum atomic E-state index is 12.4. The molecule has 0 radical (unpaired) electrons. The van der Waals surface area contributed by atoms with Gasteiger partial charge in [-0.15, -0.1) is 13.2 Å². The molecule has 2 aliphatic rings. The van der Waals surface area contributed by atoms with E-state index in [4.69, 9.17) is 0 Å². The molecule has 10 heteroatoms. The van der Waals surface area contributed by atoms with Crippen LogP contribution in [0.2, 0.25) is 0 Å². The molecule has 26 heavy (non-hydrogen) atoms. The Labute approximate surface area is 150 Å². The van der Waals surface area contributed by atoms with Crippen LogP contribution in [-0.4, -0.2) is 45.2 Å². The number of carbonyl (C=O) groups excluding carboxylic acids is 1. The summed E-state index contributed by atoms with van der Waals surface area (Å²) in [5.74, 6) is -0.483. The zero-order valence-corrected chi connectivity index (χ0v) is 14.4. The maximum Gasteiger partial charge on any atom is 0.573 e. The summed E-state index contributed by atoms with van der Waals surface area (Å²) in [5.41, 5.74) is -0.660. The van der Waals surface area contributed by atoms with Gasteiger partial charge >= 0.3 is 6.36 Å². The van der Waals surface area contributed by atoms with Gasteiger partial charge in [-0.1, -0.05) is 18.7 Å². The quantitative estimate of drug-likeness (QED) is 0.860. The molecule has 1 atom stereocenters. The van der Waals surface area contributed by atoms with Crippen molar-refractivity contribution < 1.29 is 26.9 Å². The first-order valence-corrected chi connectivity index (χ1v) is 8.95. The molecule has 2 aliphatic heterocycles. The zero-order valence-electron chi connectivity index (χ0n) is 13.6. The first kappa shape index (κ1) is 18.6. The summed E-state index contributed by atoms with van der Waals surface area (Å²) in [6, 6.07) is 5.29. The lowest BCUT2D eigenvalue weighted by Gasteiger charge is -2.33. The standard InChI is InChI=1S/C16H16F3N3O3S/c1-2-26(24)22-8-6-15(7-9-22)14(23)20-13(21-15)11-4-3-5-12(10-11)25-16(17,18)19/h2-5,10H,1,6-9H2,(H,20,21,23). The van der Waals surface area contributed by atoms with Crippen LogP contribution in [0.3, 0.4) is 0 Å². The molecule has 1 saturated heterocycles. The number of amides is 1. The van der Waals surface area contributed by atoms with Crippen molar-refractivity contribution in [2.24, 2.45) is 4.99 Å². The van der Waals surface area contributed by atoms with Crippen molar-refractivity contribution in [3.63, 3.8) is 0 Å². The minimum absolute atomic E-state index is 0.209. The number of piperidine rings is 1. The average molecular weight is 387 g/mol. The molecule has 1 unspecified atom stereocenters. The molecule has 140 valence electrons. The van der Waals surface area contributed by atoms with Crippen molar-refractivity contribution >= 4 is 22.7 Å². The first-order valence-electron chi connectivity index (χ1n) is 7.78. The van der Waals surface area contributed by atoms with Gasteiger partial charge in [0.15, 0.2) is 0 Å². The fraction of sp³-hybridized carbons (Fsp3) is 0.375. The third-order valence-corrected chi connectivity index (χ3v) is 5.43. The lowest BCUT2D eigenvalue weighted by atomic mass is 9.89. The summed E-state index contributed by atoms with van der Waals surface area (Å²) >= 11 is 0. The lowest BCUT2D eigenvalue weighted by Crippen LogP contribution is -2.49. The average Bonchev–Trinajstić information content (AvgIpc) is 2.90. The third-order valence-electron chi connectivity index (χ3n) is 4.27. The molecular formula is C16H16F3N3O3S. The van der Waals surface area contributed by atoms with Gasteiger partial charge in [0.1, 0.15) is 28.1 Å². The van der Waals surface area contributed by atoms with E-state index in [0.717, 1.165) is 0 Å². The van der Waals surface area contributed by atoms with Crippen LogP contribution in [0.25, 0.3) is 0 Å². The summed E-state index contributed by atoms with van der Waals surface area (Å²) in [4.78, 5) is 16.9. The zero-order chi connectivity index (χ0) is 18.9. The Morgan fingerprint density at radius 1 is 1.35 bits per heavy atom. The molecule has 0 saturated carbocycles. The summed E-state index contributed by atoms with van der Waals surface area (Å²) in [7, 11) is -1.31. The summed E-state index contributed by atoms with van der Waals surface area (Å²) in [5, 5.41) is 3.97. The number of nitrogens with one attached hydrogen (secondary N) is 1. The van der Waals surface area contributed by atoms with Crippen LogP contribution in [0.15, 0.2) is 41.2 Å². The van der Waals surface area contributed by atoms with Crippen LogP contribution in [-0.2, 0) is 15.8 Å². The number of amidine groups is 1. The van der Waals surface area contributed by atoms with Crippen molar-refractivity contribution in [1.82, 2.24) is 9.62 Å². The van der Waals surface area contributed by atoms with Crippen molar-refractivity contribution in [3.05, 3.63) is 41.8 Å². The van der Waals surface area contributed by atoms with E-state index >= 15 is 0 Å².